The zero-order valence-electron chi connectivity index (χ0n) is 11.4. The molecule has 0 unspecified atom stereocenters. The van der Waals surface area contributed by atoms with Crippen LogP contribution in [0.5, 0.6) is 5.75 Å². The maximum atomic E-state index is 5.81. The highest BCUT2D eigenvalue weighted by Gasteiger charge is 2.23. The molecule has 0 radical (unpaired) electrons. The van der Waals surface area contributed by atoms with Crippen LogP contribution in [-0.4, -0.2) is 23.3 Å². The molecule has 0 spiro atoms. The van der Waals surface area contributed by atoms with E-state index in [9.17, 15) is 0 Å². The van der Waals surface area contributed by atoms with Gasteiger partial charge in [-0.05, 0) is 31.0 Å². The Morgan fingerprint density at radius 3 is 2.90 bits per heavy atom. The second kappa shape index (κ2) is 6.05. The maximum Gasteiger partial charge on any atom is 0.247 e. The molecular formula is C15H19N3O2. The van der Waals surface area contributed by atoms with Crippen LogP contribution in [-0.2, 0) is 0 Å². The van der Waals surface area contributed by atoms with Gasteiger partial charge in [0.1, 0.15) is 12.4 Å². The highest BCUT2D eigenvalue weighted by atomic mass is 16.5. The Labute approximate surface area is 118 Å². The first kappa shape index (κ1) is 13.1. The molecule has 5 heteroatoms. The lowest BCUT2D eigenvalue weighted by molar-refractivity contribution is 0.328. The molecule has 0 bridgehead atoms. The third-order valence-electron chi connectivity index (χ3n) is 3.61. The second-order valence-electron chi connectivity index (χ2n) is 5.09. The van der Waals surface area contributed by atoms with Crippen molar-refractivity contribution in [3.63, 3.8) is 0 Å². The maximum absolute atomic E-state index is 5.81. The van der Waals surface area contributed by atoms with Crippen LogP contribution < -0.4 is 10.5 Å². The number of ether oxygens (including phenoxy) is 1. The number of hydrogen-bond donors (Lipinski definition) is 1. The standard InChI is InChI=1S/C15H19N3O2/c16-8-9-19-13-7-3-6-12(10-13)15-18-17-14(20-15)11-4-1-2-5-11/h3,6-7,10-11H,1-2,4-5,8-9,16H2. The molecule has 0 atom stereocenters. The Hall–Kier alpha value is -1.88. The van der Waals surface area contributed by atoms with Crippen LogP contribution in [0.2, 0.25) is 0 Å². The lowest BCUT2D eigenvalue weighted by Crippen LogP contribution is -2.10. The molecule has 3 rings (SSSR count). The van der Waals surface area contributed by atoms with Crippen LogP contribution in [0.3, 0.4) is 0 Å². The van der Waals surface area contributed by atoms with Crippen molar-refractivity contribution < 1.29 is 9.15 Å². The van der Waals surface area contributed by atoms with Crippen molar-refractivity contribution >= 4 is 0 Å². The minimum absolute atomic E-state index is 0.438. The van der Waals surface area contributed by atoms with Gasteiger partial charge in [-0.3, -0.25) is 0 Å². The minimum atomic E-state index is 0.438. The summed E-state index contributed by atoms with van der Waals surface area (Å²) in [5.41, 5.74) is 6.32. The summed E-state index contributed by atoms with van der Waals surface area (Å²) in [6, 6.07) is 7.66. The second-order valence-corrected chi connectivity index (χ2v) is 5.09. The predicted octanol–water partition coefficient (Wildman–Crippen LogP) is 2.73. The van der Waals surface area contributed by atoms with Crippen molar-refractivity contribution in [2.45, 2.75) is 31.6 Å². The van der Waals surface area contributed by atoms with Gasteiger partial charge in [-0.2, -0.15) is 0 Å². The molecule has 1 heterocycles. The quantitative estimate of drug-likeness (QED) is 0.906. The number of aromatic nitrogens is 2. The summed E-state index contributed by atoms with van der Waals surface area (Å²) in [6.07, 6.45) is 4.82. The Kier molecular flexibility index (Phi) is 3.97. The molecule has 1 aromatic heterocycles. The van der Waals surface area contributed by atoms with Gasteiger partial charge in [0.25, 0.3) is 0 Å². The Bertz CT molecular complexity index is 562. The van der Waals surface area contributed by atoms with Gasteiger partial charge in [-0.25, -0.2) is 0 Å². The number of nitrogens with zero attached hydrogens (tertiary/aromatic N) is 2. The first-order valence-corrected chi connectivity index (χ1v) is 7.13. The smallest absolute Gasteiger partial charge is 0.247 e. The number of rotatable bonds is 5. The molecule has 0 amide bonds. The van der Waals surface area contributed by atoms with Crippen LogP contribution >= 0.6 is 0 Å². The van der Waals surface area contributed by atoms with E-state index in [-0.39, 0.29) is 0 Å². The van der Waals surface area contributed by atoms with Gasteiger partial charge in [0.2, 0.25) is 11.8 Å². The summed E-state index contributed by atoms with van der Waals surface area (Å²) >= 11 is 0. The van der Waals surface area contributed by atoms with Gasteiger partial charge < -0.3 is 14.9 Å². The monoisotopic (exact) mass is 273 g/mol. The Morgan fingerprint density at radius 1 is 1.25 bits per heavy atom. The van der Waals surface area contributed by atoms with E-state index in [1.807, 2.05) is 24.3 Å². The molecule has 0 saturated heterocycles. The minimum Gasteiger partial charge on any atom is -0.492 e. The fourth-order valence-corrected chi connectivity index (χ4v) is 2.58. The van der Waals surface area contributed by atoms with Crippen LogP contribution in [0.25, 0.3) is 11.5 Å². The Balaban J connectivity index is 1.78. The molecule has 1 aliphatic carbocycles. The van der Waals surface area contributed by atoms with Crippen LogP contribution in [0, 0.1) is 0 Å². The first-order valence-electron chi connectivity index (χ1n) is 7.13. The normalized spacial score (nSPS) is 15.7. The summed E-state index contributed by atoms with van der Waals surface area (Å²) in [4.78, 5) is 0. The fraction of sp³-hybridized carbons (Fsp3) is 0.467. The van der Waals surface area contributed by atoms with Gasteiger partial charge in [0.05, 0.1) is 0 Å². The SMILES string of the molecule is NCCOc1cccc(-c2nnc(C3CCCC3)o2)c1. The van der Waals surface area contributed by atoms with Crippen molar-refractivity contribution in [3.8, 4) is 17.2 Å². The third kappa shape index (κ3) is 2.82. The van der Waals surface area contributed by atoms with E-state index in [2.05, 4.69) is 10.2 Å². The van der Waals surface area contributed by atoms with E-state index >= 15 is 0 Å². The van der Waals surface area contributed by atoms with Crippen LogP contribution in [0.1, 0.15) is 37.5 Å². The van der Waals surface area contributed by atoms with Crippen molar-refractivity contribution in [3.05, 3.63) is 30.2 Å². The Morgan fingerprint density at radius 2 is 2.10 bits per heavy atom. The van der Waals surface area contributed by atoms with Gasteiger partial charge in [-0.1, -0.05) is 18.9 Å². The largest absolute Gasteiger partial charge is 0.492 e. The molecule has 2 N–H and O–H groups in total. The molecule has 106 valence electrons. The first-order chi connectivity index (χ1) is 9.86. The van der Waals surface area contributed by atoms with Crippen LogP contribution in [0.4, 0.5) is 0 Å². The number of nitrogens with two attached hydrogens (primary N) is 1. The summed E-state index contributed by atoms with van der Waals surface area (Å²) in [5, 5.41) is 8.34. The van der Waals surface area contributed by atoms with Crippen molar-refractivity contribution in [1.29, 1.82) is 0 Å². The fourth-order valence-electron chi connectivity index (χ4n) is 2.58. The summed E-state index contributed by atoms with van der Waals surface area (Å²) in [5.74, 6) is 2.54. The molecular weight excluding hydrogens is 254 g/mol. The summed E-state index contributed by atoms with van der Waals surface area (Å²) < 4.78 is 11.3. The summed E-state index contributed by atoms with van der Waals surface area (Å²) in [6.45, 7) is 0.997. The third-order valence-corrected chi connectivity index (χ3v) is 3.61. The topological polar surface area (TPSA) is 74.2 Å². The lowest BCUT2D eigenvalue weighted by Gasteiger charge is -2.05. The van der Waals surface area contributed by atoms with Gasteiger partial charge >= 0.3 is 0 Å². The van der Waals surface area contributed by atoms with E-state index in [1.54, 1.807) is 0 Å². The highest BCUT2D eigenvalue weighted by molar-refractivity contribution is 5.55. The van der Waals surface area contributed by atoms with E-state index in [1.165, 1.54) is 12.8 Å². The molecule has 5 nitrogen and oxygen atoms in total. The van der Waals surface area contributed by atoms with E-state index in [4.69, 9.17) is 14.9 Å². The molecule has 1 fully saturated rings. The van der Waals surface area contributed by atoms with Gasteiger partial charge in [0.15, 0.2) is 0 Å². The van der Waals surface area contributed by atoms with E-state index < -0.39 is 0 Å². The van der Waals surface area contributed by atoms with Gasteiger partial charge in [-0.15, -0.1) is 10.2 Å². The highest BCUT2D eigenvalue weighted by Crippen LogP contribution is 2.34. The zero-order valence-corrected chi connectivity index (χ0v) is 11.4. The average Bonchev–Trinajstić information content (AvgIpc) is 3.15. The van der Waals surface area contributed by atoms with Crippen LogP contribution in [0.15, 0.2) is 28.7 Å². The number of hydrogen-bond acceptors (Lipinski definition) is 5. The predicted molar refractivity (Wildman–Crippen MR) is 75.5 cm³/mol. The lowest BCUT2D eigenvalue weighted by atomic mass is 10.1. The van der Waals surface area contributed by atoms with E-state index in [0.29, 0.717) is 25.0 Å². The number of benzene rings is 1. The van der Waals surface area contributed by atoms with Crippen molar-refractivity contribution in [2.75, 3.05) is 13.2 Å². The average molecular weight is 273 g/mol. The summed E-state index contributed by atoms with van der Waals surface area (Å²) in [7, 11) is 0. The molecule has 2 aromatic rings. The van der Waals surface area contributed by atoms with Gasteiger partial charge in [0, 0.05) is 18.0 Å². The van der Waals surface area contributed by atoms with Crippen molar-refractivity contribution in [1.82, 2.24) is 10.2 Å². The molecule has 1 aliphatic rings. The molecule has 20 heavy (non-hydrogen) atoms. The molecule has 0 aliphatic heterocycles. The van der Waals surface area contributed by atoms with E-state index in [0.717, 1.165) is 30.0 Å². The molecule has 1 aromatic carbocycles. The van der Waals surface area contributed by atoms with Crippen molar-refractivity contribution in [2.24, 2.45) is 5.73 Å². The molecule has 1 saturated carbocycles. The zero-order chi connectivity index (χ0) is 13.8.